The predicted molar refractivity (Wildman–Crippen MR) is 72.0 cm³/mol. The van der Waals surface area contributed by atoms with Gasteiger partial charge in [-0.2, -0.15) is 12.6 Å². The van der Waals surface area contributed by atoms with Crippen LogP contribution in [0.25, 0.3) is 0 Å². The Balaban J connectivity index is 2.39. The maximum absolute atomic E-state index is 11.6. The van der Waals surface area contributed by atoms with Gasteiger partial charge < -0.3 is 10.4 Å². The highest BCUT2D eigenvalue weighted by molar-refractivity contribution is 7.80. The Hall–Kier alpha value is -0.260. The summed E-state index contributed by atoms with van der Waals surface area (Å²) in [7, 11) is 0. The third-order valence-corrected chi connectivity index (χ3v) is 3.41. The maximum atomic E-state index is 11.6. The fourth-order valence-electron chi connectivity index (χ4n) is 2.10. The third kappa shape index (κ3) is 4.85. The zero-order valence-electron chi connectivity index (χ0n) is 10.9. The Morgan fingerprint density at radius 2 is 2.18 bits per heavy atom. The van der Waals surface area contributed by atoms with Crippen molar-refractivity contribution in [2.24, 2.45) is 5.92 Å². The second-order valence-corrected chi connectivity index (χ2v) is 6.00. The van der Waals surface area contributed by atoms with Gasteiger partial charge in [0.15, 0.2) is 0 Å². The van der Waals surface area contributed by atoms with Gasteiger partial charge in [-0.15, -0.1) is 0 Å². The Labute approximate surface area is 109 Å². The number of nitrogens with one attached hydrogen (secondary N) is 1. The van der Waals surface area contributed by atoms with E-state index in [1.54, 1.807) is 0 Å². The van der Waals surface area contributed by atoms with E-state index in [9.17, 15) is 9.90 Å². The molecule has 0 aliphatic carbocycles. The lowest BCUT2D eigenvalue weighted by Gasteiger charge is -2.38. The summed E-state index contributed by atoms with van der Waals surface area (Å²) in [4.78, 5) is 13.7. The molecule has 17 heavy (non-hydrogen) atoms. The zero-order valence-corrected chi connectivity index (χ0v) is 11.8. The minimum atomic E-state index is -0.491. The molecular formula is C12H24N2O2S. The van der Waals surface area contributed by atoms with Gasteiger partial charge in [-0.05, 0) is 19.3 Å². The molecule has 1 aliphatic heterocycles. The van der Waals surface area contributed by atoms with Crippen LogP contribution in [0.5, 0.6) is 0 Å². The number of β-amino-alcohol motifs (C(OH)–C–C–N with tert-alkyl or cyclic N) is 1. The lowest BCUT2D eigenvalue weighted by molar-refractivity contribution is -0.124. The van der Waals surface area contributed by atoms with Crippen LogP contribution >= 0.6 is 12.6 Å². The molecule has 0 aromatic carbocycles. The summed E-state index contributed by atoms with van der Waals surface area (Å²) in [6, 6.07) is -0.107. The summed E-state index contributed by atoms with van der Waals surface area (Å²) in [5.41, 5.74) is 0. The fraction of sp³-hybridized carbons (Fsp3) is 0.917. The number of carbonyl (C=O) groups is 1. The van der Waals surface area contributed by atoms with E-state index >= 15 is 0 Å². The van der Waals surface area contributed by atoms with E-state index in [-0.39, 0.29) is 17.3 Å². The van der Waals surface area contributed by atoms with Crippen molar-refractivity contribution in [3.8, 4) is 0 Å². The molecule has 1 rings (SSSR count). The molecule has 0 radical (unpaired) electrons. The average molecular weight is 260 g/mol. The van der Waals surface area contributed by atoms with Crippen LogP contribution in [0, 0.1) is 5.92 Å². The lowest BCUT2D eigenvalue weighted by Crippen LogP contribution is -2.55. The zero-order chi connectivity index (χ0) is 13.0. The second-order valence-electron chi connectivity index (χ2n) is 5.25. The third-order valence-electron chi connectivity index (χ3n) is 3.08. The summed E-state index contributed by atoms with van der Waals surface area (Å²) in [6.07, 6.45) is 0.820. The molecule has 0 aromatic heterocycles. The molecule has 1 amide bonds. The number of rotatable bonds is 4. The van der Waals surface area contributed by atoms with Crippen LogP contribution in [0.2, 0.25) is 0 Å². The molecule has 3 atom stereocenters. The van der Waals surface area contributed by atoms with Crippen LogP contribution in [-0.4, -0.2) is 46.5 Å². The molecule has 1 heterocycles. The van der Waals surface area contributed by atoms with Gasteiger partial charge in [0.05, 0.1) is 12.1 Å². The molecule has 0 saturated carbocycles. The summed E-state index contributed by atoms with van der Waals surface area (Å²) < 4.78 is 0. The van der Waals surface area contributed by atoms with E-state index in [2.05, 4.69) is 22.8 Å². The van der Waals surface area contributed by atoms with Gasteiger partial charge in [-0.1, -0.05) is 13.8 Å². The summed E-state index contributed by atoms with van der Waals surface area (Å²) in [5.74, 6) is 0.390. The molecule has 1 fully saturated rings. The van der Waals surface area contributed by atoms with Crippen LogP contribution in [0.1, 0.15) is 33.6 Å². The second kappa shape index (κ2) is 6.61. The number of amides is 1. The first-order valence-electron chi connectivity index (χ1n) is 6.29. The largest absolute Gasteiger partial charge is 0.390 e. The molecule has 0 bridgehead atoms. The summed E-state index contributed by atoms with van der Waals surface area (Å²) >= 11 is 4.35. The number of aliphatic hydroxyl groups excluding tert-OH is 1. The van der Waals surface area contributed by atoms with Crippen LogP contribution in [0.4, 0.5) is 0 Å². The van der Waals surface area contributed by atoms with Gasteiger partial charge >= 0.3 is 0 Å². The smallest absolute Gasteiger partial charge is 0.220 e. The van der Waals surface area contributed by atoms with Gasteiger partial charge in [0.2, 0.25) is 5.91 Å². The number of hydrogen-bond donors (Lipinski definition) is 3. The molecule has 1 aliphatic rings. The highest BCUT2D eigenvalue weighted by Crippen LogP contribution is 2.15. The van der Waals surface area contributed by atoms with Crippen molar-refractivity contribution >= 4 is 18.5 Å². The monoisotopic (exact) mass is 260 g/mol. The van der Waals surface area contributed by atoms with Crippen LogP contribution < -0.4 is 5.32 Å². The van der Waals surface area contributed by atoms with Crippen molar-refractivity contribution in [2.75, 3.05) is 13.1 Å². The predicted octanol–water partition coefficient (Wildman–Crippen LogP) is 0.860. The molecule has 0 spiro atoms. The van der Waals surface area contributed by atoms with E-state index in [0.29, 0.717) is 18.9 Å². The number of aliphatic hydroxyl groups is 1. The van der Waals surface area contributed by atoms with Gasteiger partial charge in [0.1, 0.15) is 0 Å². The van der Waals surface area contributed by atoms with Gasteiger partial charge in [0.25, 0.3) is 0 Å². The fourth-order valence-corrected chi connectivity index (χ4v) is 2.31. The van der Waals surface area contributed by atoms with Crippen LogP contribution in [0.15, 0.2) is 0 Å². The Kier molecular flexibility index (Phi) is 5.76. The van der Waals surface area contributed by atoms with Crippen LogP contribution in [-0.2, 0) is 4.79 Å². The quantitative estimate of drug-likeness (QED) is 0.657. The van der Waals surface area contributed by atoms with Crippen molar-refractivity contribution < 1.29 is 9.90 Å². The Morgan fingerprint density at radius 1 is 1.53 bits per heavy atom. The topological polar surface area (TPSA) is 52.6 Å². The van der Waals surface area contributed by atoms with E-state index in [1.165, 1.54) is 0 Å². The molecule has 100 valence electrons. The number of carbonyl (C=O) groups excluding carboxylic acids is 1. The molecule has 4 nitrogen and oxygen atoms in total. The molecule has 0 aromatic rings. The summed E-state index contributed by atoms with van der Waals surface area (Å²) in [5, 5.41) is 13.0. The normalized spacial score (nSPS) is 28.1. The van der Waals surface area contributed by atoms with Crippen molar-refractivity contribution in [3.05, 3.63) is 0 Å². The number of likely N-dealkylation sites (tertiary alicyclic amines) is 1. The van der Waals surface area contributed by atoms with Crippen molar-refractivity contribution in [1.82, 2.24) is 10.2 Å². The SMILES string of the molecule is CC(C)CC(=O)NC1CCN(C(C)S)CC1O. The maximum Gasteiger partial charge on any atom is 0.220 e. The standard InChI is InChI=1S/C12H24N2O2S/c1-8(2)6-12(16)13-10-4-5-14(9(3)17)7-11(10)15/h8-11,15,17H,4-7H2,1-3H3,(H,13,16). The summed E-state index contributed by atoms with van der Waals surface area (Å²) in [6.45, 7) is 7.47. The van der Waals surface area contributed by atoms with Gasteiger partial charge in [0, 0.05) is 24.9 Å². The van der Waals surface area contributed by atoms with Gasteiger partial charge in [-0.25, -0.2) is 0 Å². The highest BCUT2D eigenvalue weighted by atomic mass is 32.1. The van der Waals surface area contributed by atoms with E-state index in [1.807, 2.05) is 20.8 Å². The minimum absolute atomic E-state index is 0.0384. The van der Waals surface area contributed by atoms with E-state index in [0.717, 1.165) is 13.0 Å². The van der Waals surface area contributed by atoms with Crippen molar-refractivity contribution in [2.45, 2.75) is 51.1 Å². The average Bonchev–Trinajstić information content (AvgIpc) is 2.19. The number of hydrogen-bond acceptors (Lipinski definition) is 4. The number of nitrogens with zero attached hydrogens (tertiary/aromatic N) is 1. The molecule has 2 N–H and O–H groups in total. The van der Waals surface area contributed by atoms with E-state index < -0.39 is 6.10 Å². The van der Waals surface area contributed by atoms with Gasteiger partial charge in [-0.3, -0.25) is 9.69 Å². The van der Waals surface area contributed by atoms with Crippen molar-refractivity contribution in [3.63, 3.8) is 0 Å². The molecule has 5 heteroatoms. The molecular weight excluding hydrogens is 236 g/mol. The Morgan fingerprint density at radius 3 is 2.65 bits per heavy atom. The number of piperidine rings is 1. The molecule has 1 saturated heterocycles. The lowest BCUT2D eigenvalue weighted by atomic mass is 10.0. The first-order valence-corrected chi connectivity index (χ1v) is 6.81. The highest BCUT2D eigenvalue weighted by Gasteiger charge is 2.29. The first-order chi connectivity index (χ1) is 7.90. The Bertz CT molecular complexity index is 259. The van der Waals surface area contributed by atoms with Crippen LogP contribution in [0.3, 0.4) is 0 Å². The number of thiol groups is 1. The van der Waals surface area contributed by atoms with E-state index in [4.69, 9.17) is 0 Å². The van der Waals surface area contributed by atoms with Crippen molar-refractivity contribution in [1.29, 1.82) is 0 Å². The molecule has 3 unspecified atom stereocenters. The minimum Gasteiger partial charge on any atom is -0.390 e. The first kappa shape index (κ1) is 14.8.